The van der Waals surface area contributed by atoms with Crippen LogP contribution in [0, 0.1) is 0 Å². The molecule has 25 heavy (non-hydrogen) atoms. The van der Waals surface area contributed by atoms with Gasteiger partial charge in [0.2, 0.25) is 0 Å². The van der Waals surface area contributed by atoms with E-state index in [4.69, 9.17) is 14.2 Å². The first-order valence-corrected chi connectivity index (χ1v) is 8.26. The fourth-order valence-corrected chi connectivity index (χ4v) is 3.71. The predicted molar refractivity (Wildman–Crippen MR) is 95.5 cm³/mol. The molecular weight excluding hydrogens is 318 g/mol. The van der Waals surface area contributed by atoms with Gasteiger partial charge in [-0.05, 0) is 47.0 Å². The van der Waals surface area contributed by atoms with E-state index in [1.807, 2.05) is 12.3 Å². The van der Waals surface area contributed by atoms with Crippen molar-refractivity contribution in [3.8, 4) is 23.0 Å². The van der Waals surface area contributed by atoms with Gasteiger partial charge in [0.1, 0.15) is 0 Å². The Balaban J connectivity index is 1.88. The van der Waals surface area contributed by atoms with E-state index < -0.39 is 0 Å². The number of phenolic OH excluding ortho intramolecular Hbond substituents is 1. The summed E-state index contributed by atoms with van der Waals surface area (Å²) < 4.78 is 16.1. The SMILES string of the molecule is COc1cc2c(cc1OC)C1C=c3ccc(OC)c(O)c3=CN1CC2. The molecule has 0 saturated carbocycles. The Morgan fingerprint density at radius 2 is 1.72 bits per heavy atom. The van der Waals surface area contributed by atoms with Crippen molar-refractivity contribution in [2.45, 2.75) is 12.5 Å². The molecule has 2 aliphatic heterocycles. The van der Waals surface area contributed by atoms with Crippen LogP contribution in [0.25, 0.3) is 12.3 Å². The standard InChI is InChI=1S/C20H21NO4/c1-23-17-5-4-12-8-16-14-10-19(25-3)18(24-2)9-13(14)6-7-21(16)11-15(12)20(17)22/h4-5,8-11,16,22H,6-7H2,1-3H3. The Morgan fingerprint density at radius 3 is 2.44 bits per heavy atom. The molecule has 0 radical (unpaired) electrons. The number of benzene rings is 2. The molecule has 5 nitrogen and oxygen atoms in total. The average molecular weight is 339 g/mol. The lowest BCUT2D eigenvalue weighted by Crippen LogP contribution is -2.40. The summed E-state index contributed by atoms with van der Waals surface area (Å²) in [7, 11) is 4.88. The van der Waals surface area contributed by atoms with Gasteiger partial charge in [-0.15, -0.1) is 0 Å². The lowest BCUT2D eigenvalue weighted by Gasteiger charge is -2.37. The highest BCUT2D eigenvalue weighted by Crippen LogP contribution is 2.39. The highest BCUT2D eigenvalue weighted by molar-refractivity contribution is 5.58. The van der Waals surface area contributed by atoms with Gasteiger partial charge < -0.3 is 24.2 Å². The van der Waals surface area contributed by atoms with Gasteiger partial charge in [-0.1, -0.05) is 6.07 Å². The number of fused-ring (bicyclic) bond motifs is 4. The van der Waals surface area contributed by atoms with Crippen LogP contribution >= 0.6 is 0 Å². The lowest BCUT2D eigenvalue weighted by atomic mass is 9.90. The summed E-state index contributed by atoms with van der Waals surface area (Å²) in [5.41, 5.74) is 2.48. The highest BCUT2D eigenvalue weighted by Gasteiger charge is 2.28. The molecular formula is C20H21NO4. The van der Waals surface area contributed by atoms with Crippen LogP contribution in [-0.4, -0.2) is 37.9 Å². The summed E-state index contributed by atoms with van der Waals surface area (Å²) in [5, 5.41) is 12.2. The van der Waals surface area contributed by atoms with Gasteiger partial charge in [0.05, 0.1) is 27.4 Å². The zero-order valence-electron chi connectivity index (χ0n) is 14.6. The molecule has 0 spiro atoms. The molecule has 0 amide bonds. The smallest absolute Gasteiger partial charge is 0.167 e. The van der Waals surface area contributed by atoms with Gasteiger partial charge in [0.15, 0.2) is 23.0 Å². The molecule has 0 saturated heterocycles. The van der Waals surface area contributed by atoms with Crippen LogP contribution in [0.2, 0.25) is 0 Å². The van der Waals surface area contributed by atoms with Crippen LogP contribution in [0.3, 0.4) is 0 Å². The molecule has 130 valence electrons. The van der Waals surface area contributed by atoms with E-state index in [2.05, 4.69) is 23.1 Å². The van der Waals surface area contributed by atoms with Crippen LogP contribution in [0.4, 0.5) is 0 Å². The summed E-state index contributed by atoms with van der Waals surface area (Å²) in [6.45, 7) is 0.875. The van der Waals surface area contributed by atoms with E-state index >= 15 is 0 Å². The van der Waals surface area contributed by atoms with Crippen LogP contribution in [0.1, 0.15) is 17.2 Å². The normalized spacial score (nSPS) is 17.4. The molecule has 1 N–H and O–H groups in total. The largest absolute Gasteiger partial charge is 0.504 e. The second-order valence-electron chi connectivity index (χ2n) is 6.25. The van der Waals surface area contributed by atoms with E-state index in [1.54, 1.807) is 27.4 Å². The number of phenols is 1. The zero-order chi connectivity index (χ0) is 17.6. The van der Waals surface area contributed by atoms with Crippen LogP contribution in [0.15, 0.2) is 24.3 Å². The minimum absolute atomic E-state index is 0.115. The maximum atomic E-state index is 10.4. The monoisotopic (exact) mass is 339 g/mol. The molecule has 0 fully saturated rings. The van der Waals surface area contributed by atoms with Crippen molar-refractivity contribution in [2.75, 3.05) is 27.9 Å². The van der Waals surface area contributed by atoms with Crippen LogP contribution in [0.5, 0.6) is 23.0 Å². The summed E-state index contributed by atoms with van der Waals surface area (Å²) >= 11 is 0. The fourth-order valence-electron chi connectivity index (χ4n) is 3.71. The zero-order valence-corrected chi connectivity index (χ0v) is 14.6. The Hall–Kier alpha value is -2.82. The molecule has 1 atom stereocenters. The molecule has 1 unspecified atom stereocenters. The third-order valence-corrected chi connectivity index (χ3v) is 5.03. The molecule has 2 aromatic rings. The first-order valence-electron chi connectivity index (χ1n) is 8.26. The number of methoxy groups -OCH3 is 3. The minimum atomic E-state index is 0.115. The van der Waals surface area contributed by atoms with Gasteiger partial charge in [-0.2, -0.15) is 0 Å². The molecule has 2 aromatic carbocycles. The Morgan fingerprint density at radius 1 is 1.00 bits per heavy atom. The number of aromatic hydroxyl groups is 1. The maximum absolute atomic E-state index is 10.4. The minimum Gasteiger partial charge on any atom is -0.504 e. The van der Waals surface area contributed by atoms with E-state index in [0.29, 0.717) is 5.75 Å². The average Bonchev–Trinajstić information content (AvgIpc) is 2.66. The van der Waals surface area contributed by atoms with Crippen molar-refractivity contribution >= 4 is 12.3 Å². The third-order valence-electron chi connectivity index (χ3n) is 5.03. The third kappa shape index (κ3) is 2.38. The van der Waals surface area contributed by atoms with Crippen molar-refractivity contribution in [2.24, 2.45) is 0 Å². The lowest BCUT2D eigenvalue weighted by molar-refractivity contribution is 0.332. The topological polar surface area (TPSA) is 51.2 Å². The van der Waals surface area contributed by atoms with Crippen LogP contribution < -0.4 is 24.6 Å². The molecule has 5 heteroatoms. The number of hydrogen-bond donors (Lipinski definition) is 1. The van der Waals surface area contributed by atoms with E-state index in [-0.39, 0.29) is 11.8 Å². The van der Waals surface area contributed by atoms with Crippen molar-refractivity contribution in [3.05, 3.63) is 45.8 Å². The first-order chi connectivity index (χ1) is 12.2. The first kappa shape index (κ1) is 15.7. The molecule has 0 aliphatic carbocycles. The number of nitrogens with zero attached hydrogens (tertiary/aromatic N) is 1. The van der Waals surface area contributed by atoms with Gasteiger partial charge in [-0.25, -0.2) is 0 Å². The van der Waals surface area contributed by atoms with Crippen molar-refractivity contribution in [1.82, 2.24) is 4.90 Å². The van der Waals surface area contributed by atoms with Crippen molar-refractivity contribution < 1.29 is 19.3 Å². The van der Waals surface area contributed by atoms with Gasteiger partial charge in [0.25, 0.3) is 0 Å². The van der Waals surface area contributed by atoms with Crippen LogP contribution in [-0.2, 0) is 6.42 Å². The Bertz CT molecular complexity index is 951. The van der Waals surface area contributed by atoms with E-state index in [9.17, 15) is 5.11 Å². The second-order valence-corrected chi connectivity index (χ2v) is 6.25. The molecule has 2 aliphatic rings. The number of hydrogen-bond acceptors (Lipinski definition) is 5. The summed E-state index contributed by atoms with van der Waals surface area (Å²) in [6, 6.07) is 8.02. The quantitative estimate of drug-likeness (QED) is 0.920. The maximum Gasteiger partial charge on any atom is 0.167 e. The van der Waals surface area contributed by atoms with E-state index in [1.165, 1.54) is 11.1 Å². The Kier molecular flexibility index (Phi) is 3.71. The Labute approximate surface area is 146 Å². The molecule has 2 heterocycles. The summed E-state index contributed by atoms with van der Waals surface area (Å²) in [6.07, 6.45) is 5.12. The van der Waals surface area contributed by atoms with Crippen molar-refractivity contribution in [1.29, 1.82) is 0 Å². The van der Waals surface area contributed by atoms with Gasteiger partial charge in [0, 0.05) is 18.0 Å². The number of rotatable bonds is 3. The summed E-state index contributed by atoms with van der Waals surface area (Å²) in [4.78, 5) is 2.25. The molecule has 0 bridgehead atoms. The summed E-state index contributed by atoms with van der Waals surface area (Å²) in [5.74, 6) is 2.18. The predicted octanol–water partition coefficient (Wildman–Crippen LogP) is 1.55. The number of ether oxygens (including phenoxy) is 3. The molecule has 4 rings (SSSR count). The second kappa shape index (κ2) is 5.92. The molecule has 0 aromatic heterocycles. The van der Waals surface area contributed by atoms with Gasteiger partial charge >= 0.3 is 0 Å². The highest BCUT2D eigenvalue weighted by atomic mass is 16.5. The fraction of sp³-hybridized carbons (Fsp3) is 0.300. The van der Waals surface area contributed by atoms with E-state index in [0.717, 1.165) is 34.9 Å². The van der Waals surface area contributed by atoms with Gasteiger partial charge in [-0.3, -0.25) is 0 Å². The van der Waals surface area contributed by atoms with Crippen molar-refractivity contribution in [3.63, 3.8) is 0 Å².